The predicted octanol–water partition coefficient (Wildman–Crippen LogP) is 2.42. The van der Waals surface area contributed by atoms with Gasteiger partial charge in [0.05, 0.1) is 6.54 Å². The highest BCUT2D eigenvalue weighted by Crippen LogP contribution is 2.26. The van der Waals surface area contributed by atoms with Crippen LogP contribution in [-0.2, 0) is 22.4 Å². The van der Waals surface area contributed by atoms with Crippen molar-refractivity contribution in [2.75, 3.05) is 37.6 Å². The average molecular weight is 384 g/mol. The van der Waals surface area contributed by atoms with E-state index in [1.54, 1.807) is 11.1 Å². The topological polar surface area (TPSA) is 81.1 Å². The molecule has 1 aliphatic carbocycles. The highest BCUT2D eigenvalue weighted by Gasteiger charge is 2.17. The number of benzene rings is 1. The first kappa shape index (κ1) is 21.5. The first-order valence-corrected chi connectivity index (χ1v) is 9.66. The summed E-state index contributed by atoms with van der Waals surface area (Å²) in [4.78, 5) is 24.0. The quantitative estimate of drug-likeness (QED) is 0.471. The Kier molecular flexibility index (Phi) is 8.57. The highest BCUT2D eigenvalue weighted by atomic mass is 16.4. The summed E-state index contributed by atoms with van der Waals surface area (Å²) < 4.78 is 0. The van der Waals surface area contributed by atoms with Crippen molar-refractivity contribution < 1.29 is 19.8 Å². The number of aliphatic carboxylic acids is 2. The normalized spacial score (nSPS) is 17.0. The fraction of sp³-hybridized carbons (Fsp3) is 0.455. The molecule has 2 N–H and O–H groups in total. The van der Waals surface area contributed by atoms with Crippen LogP contribution in [0.15, 0.2) is 30.4 Å². The van der Waals surface area contributed by atoms with Crippen molar-refractivity contribution in [2.24, 2.45) is 0 Å². The third-order valence-corrected chi connectivity index (χ3v) is 5.00. The van der Waals surface area contributed by atoms with Crippen molar-refractivity contribution in [1.29, 1.82) is 0 Å². The number of aryl methyl sites for hydroxylation is 2. The Bertz CT molecular complexity index is 727. The van der Waals surface area contributed by atoms with E-state index in [2.05, 4.69) is 33.9 Å². The van der Waals surface area contributed by atoms with Gasteiger partial charge in [0, 0.05) is 44.0 Å². The van der Waals surface area contributed by atoms with Crippen LogP contribution in [0.1, 0.15) is 30.4 Å². The fourth-order valence-corrected chi connectivity index (χ4v) is 3.53. The third-order valence-electron chi connectivity index (χ3n) is 5.00. The van der Waals surface area contributed by atoms with Gasteiger partial charge in [-0.05, 0) is 48.9 Å². The van der Waals surface area contributed by atoms with E-state index in [0.29, 0.717) is 12.2 Å². The van der Waals surface area contributed by atoms with Crippen molar-refractivity contribution in [3.05, 3.63) is 41.5 Å². The zero-order valence-electron chi connectivity index (χ0n) is 16.1. The minimum atomic E-state index is -1.26. The smallest absolute Gasteiger partial charge is 0.328 e. The van der Waals surface area contributed by atoms with Gasteiger partial charge in [-0.2, -0.15) is 0 Å². The molecule has 0 saturated carbocycles. The summed E-state index contributed by atoms with van der Waals surface area (Å²) in [5.74, 6) is 0.233. The van der Waals surface area contributed by atoms with Gasteiger partial charge in [-0.25, -0.2) is 9.59 Å². The number of piperazine rings is 1. The monoisotopic (exact) mass is 384 g/mol. The van der Waals surface area contributed by atoms with Crippen LogP contribution in [0.5, 0.6) is 0 Å². The summed E-state index contributed by atoms with van der Waals surface area (Å²) in [5, 5.41) is 15.6. The molecule has 0 spiro atoms. The molecule has 1 aromatic rings. The maximum atomic E-state index is 9.55. The third kappa shape index (κ3) is 7.09. The Labute approximate surface area is 166 Å². The summed E-state index contributed by atoms with van der Waals surface area (Å²) in [6.45, 7) is 5.15. The van der Waals surface area contributed by atoms with Gasteiger partial charge in [0.1, 0.15) is 0 Å². The highest BCUT2D eigenvalue weighted by molar-refractivity contribution is 5.89. The standard InChI is InChI=1S/C18H24N2.C4H4O4/c1-2-10-19-11-13-20(14-12-19)18-9-8-16-6-4-3-5-7-17(16)15-18;5-3(6)1-2-4(7)8/h1,8-9,15H,3-7,10-14H2;1-2H,(H,5,6)(H,7,8)/b;2-1-. The van der Waals surface area contributed by atoms with Gasteiger partial charge >= 0.3 is 11.9 Å². The Morgan fingerprint density at radius 1 is 0.964 bits per heavy atom. The van der Waals surface area contributed by atoms with Crippen molar-refractivity contribution in [2.45, 2.75) is 32.1 Å². The molecule has 0 unspecified atom stereocenters. The van der Waals surface area contributed by atoms with E-state index in [0.717, 1.165) is 32.7 Å². The van der Waals surface area contributed by atoms with Crippen LogP contribution in [0, 0.1) is 12.3 Å². The van der Waals surface area contributed by atoms with E-state index >= 15 is 0 Å². The summed E-state index contributed by atoms with van der Waals surface area (Å²) in [5.41, 5.74) is 4.58. The number of carboxylic acid groups (broad SMARTS) is 2. The molecular formula is C22H28N2O4. The molecule has 6 heteroatoms. The van der Waals surface area contributed by atoms with Crippen molar-refractivity contribution in [3.8, 4) is 12.3 Å². The van der Waals surface area contributed by atoms with Gasteiger partial charge in [0.25, 0.3) is 0 Å². The molecule has 28 heavy (non-hydrogen) atoms. The van der Waals surface area contributed by atoms with Gasteiger partial charge < -0.3 is 15.1 Å². The molecular weight excluding hydrogens is 356 g/mol. The van der Waals surface area contributed by atoms with Crippen molar-refractivity contribution in [1.82, 2.24) is 4.90 Å². The lowest BCUT2D eigenvalue weighted by molar-refractivity contribution is -0.134. The first-order chi connectivity index (χ1) is 13.5. The second-order valence-electron chi connectivity index (χ2n) is 6.99. The number of carboxylic acids is 2. The average Bonchev–Trinajstić information content (AvgIpc) is 2.92. The first-order valence-electron chi connectivity index (χ1n) is 9.66. The van der Waals surface area contributed by atoms with Crippen LogP contribution >= 0.6 is 0 Å². The molecule has 1 heterocycles. The predicted molar refractivity (Wildman–Crippen MR) is 110 cm³/mol. The summed E-state index contributed by atoms with van der Waals surface area (Å²) in [7, 11) is 0. The molecule has 0 aromatic heterocycles. The molecule has 150 valence electrons. The minimum absolute atomic E-state index is 0.558. The Morgan fingerprint density at radius 2 is 1.57 bits per heavy atom. The van der Waals surface area contributed by atoms with Crippen LogP contribution in [-0.4, -0.2) is 59.8 Å². The number of terminal acetylenes is 1. The van der Waals surface area contributed by atoms with Crippen LogP contribution in [0.3, 0.4) is 0 Å². The number of hydrogen-bond acceptors (Lipinski definition) is 4. The molecule has 0 atom stereocenters. The molecule has 0 bridgehead atoms. The van der Waals surface area contributed by atoms with Gasteiger partial charge in [-0.3, -0.25) is 4.90 Å². The number of anilines is 1. The van der Waals surface area contributed by atoms with Crippen LogP contribution in [0.25, 0.3) is 0 Å². The molecule has 1 aliphatic heterocycles. The Balaban J connectivity index is 0.000000300. The van der Waals surface area contributed by atoms with Gasteiger partial charge in [0.15, 0.2) is 0 Å². The molecule has 6 nitrogen and oxygen atoms in total. The van der Waals surface area contributed by atoms with Crippen molar-refractivity contribution >= 4 is 17.6 Å². The maximum Gasteiger partial charge on any atom is 0.328 e. The van der Waals surface area contributed by atoms with E-state index in [1.807, 2.05) is 0 Å². The molecule has 0 amide bonds. The number of carbonyl (C=O) groups is 2. The van der Waals surface area contributed by atoms with E-state index in [9.17, 15) is 9.59 Å². The fourth-order valence-electron chi connectivity index (χ4n) is 3.53. The van der Waals surface area contributed by atoms with Gasteiger partial charge in [-0.15, -0.1) is 6.42 Å². The zero-order valence-corrected chi connectivity index (χ0v) is 16.1. The number of hydrogen-bond donors (Lipinski definition) is 2. The summed E-state index contributed by atoms with van der Waals surface area (Å²) in [6, 6.07) is 7.13. The lowest BCUT2D eigenvalue weighted by Crippen LogP contribution is -2.46. The maximum absolute atomic E-state index is 9.55. The number of fused-ring (bicyclic) bond motifs is 1. The molecule has 0 radical (unpaired) electrons. The summed E-state index contributed by atoms with van der Waals surface area (Å²) >= 11 is 0. The van der Waals surface area contributed by atoms with Crippen LogP contribution < -0.4 is 4.90 Å². The molecule has 1 saturated heterocycles. The SMILES string of the molecule is C#CCN1CCN(c2ccc3c(c2)CCCCC3)CC1.O=C(O)/C=C\C(=O)O. The molecule has 1 aromatic carbocycles. The Morgan fingerprint density at radius 3 is 2.14 bits per heavy atom. The lowest BCUT2D eigenvalue weighted by atomic mass is 10.0. The second kappa shape index (κ2) is 11.2. The zero-order chi connectivity index (χ0) is 20.4. The minimum Gasteiger partial charge on any atom is -0.478 e. The van der Waals surface area contributed by atoms with E-state index in [-0.39, 0.29) is 0 Å². The van der Waals surface area contributed by atoms with Crippen LogP contribution in [0.4, 0.5) is 5.69 Å². The summed E-state index contributed by atoms with van der Waals surface area (Å²) in [6.07, 6.45) is 13.1. The van der Waals surface area contributed by atoms with Crippen LogP contribution in [0.2, 0.25) is 0 Å². The second-order valence-corrected chi connectivity index (χ2v) is 6.99. The molecule has 2 aliphatic rings. The van der Waals surface area contributed by atoms with E-state index in [1.165, 1.54) is 37.8 Å². The molecule has 1 fully saturated rings. The van der Waals surface area contributed by atoms with Gasteiger partial charge in [0.2, 0.25) is 0 Å². The molecule has 3 rings (SSSR count). The lowest BCUT2D eigenvalue weighted by Gasteiger charge is -2.35. The van der Waals surface area contributed by atoms with Crippen molar-refractivity contribution in [3.63, 3.8) is 0 Å². The number of nitrogens with zero attached hydrogens (tertiary/aromatic N) is 2. The largest absolute Gasteiger partial charge is 0.478 e. The van der Waals surface area contributed by atoms with Gasteiger partial charge in [-0.1, -0.05) is 18.4 Å². The van der Waals surface area contributed by atoms with E-state index in [4.69, 9.17) is 16.6 Å². The number of rotatable bonds is 4. The Hall–Kier alpha value is -2.78. The van der Waals surface area contributed by atoms with E-state index < -0.39 is 11.9 Å².